The molecule has 0 radical (unpaired) electrons. The zero-order valence-electron chi connectivity index (χ0n) is 18.9. The molecule has 34 heavy (non-hydrogen) atoms. The van der Waals surface area contributed by atoms with E-state index in [0.717, 1.165) is 25.3 Å². The zero-order valence-corrected chi connectivity index (χ0v) is 18.9. The number of hydrogen-bond donors (Lipinski definition) is 2. The van der Waals surface area contributed by atoms with Gasteiger partial charge in [0.25, 0.3) is 0 Å². The molecule has 0 amide bonds. The second kappa shape index (κ2) is 9.97. The Morgan fingerprint density at radius 2 is 2.06 bits per heavy atom. The van der Waals surface area contributed by atoms with Crippen molar-refractivity contribution in [2.24, 2.45) is 5.92 Å². The lowest BCUT2D eigenvalue weighted by molar-refractivity contribution is -0.138. The third kappa shape index (κ3) is 5.14. The maximum absolute atomic E-state index is 13.8. The Kier molecular flexibility index (Phi) is 7.02. The molecular formula is C25H28F3N5O. The molecular weight excluding hydrogens is 443 g/mol. The number of piperazine rings is 1. The van der Waals surface area contributed by atoms with Crippen LogP contribution in [0, 0.1) is 5.92 Å². The lowest BCUT2D eigenvalue weighted by Crippen LogP contribution is -2.59. The highest BCUT2D eigenvalue weighted by Gasteiger charge is 2.38. The average molecular weight is 472 g/mol. The van der Waals surface area contributed by atoms with Gasteiger partial charge in [-0.2, -0.15) is 13.2 Å². The quantitative estimate of drug-likeness (QED) is 0.608. The molecule has 1 aliphatic heterocycles. The predicted molar refractivity (Wildman–Crippen MR) is 126 cm³/mol. The third-order valence-electron chi connectivity index (χ3n) is 6.28. The minimum atomic E-state index is -4.73. The normalized spacial score (nSPS) is 22.7. The Labute approximate surface area is 196 Å². The number of pyridine rings is 2. The molecule has 1 saturated heterocycles. The van der Waals surface area contributed by atoms with Gasteiger partial charge in [0.2, 0.25) is 5.78 Å². The lowest BCUT2D eigenvalue weighted by Gasteiger charge is -2.42. The van der Waals surface area contributed by atoms with Crippen molar-refractivity contribution in [3.05, 3.63) is 71.6 Å². The van der Waals surface area contributed by atoms with E-state index in [9.17, 15) is 18.0 Å². The van der Waals surface area contributed by atoms with Crippen LogP contribution in [0.4, 0.5) is 24.8 Å². The topological polar surface area (TPSA) is 84.1 Å². The highest BCUT2D eigenvalue weighted by atomic mass is 19.4. The number of nitrogens with zero attached hydrogens (tertiary/aromatic N) is 3. The second-order valence-electron chi connectivity index (χ2n) is 8.71. The van der Waals surface area contributed by atoms with Crippen LogP contribution < -0.4 is 16.0 Å². The van der Waals surface area contributed by atoms with Gasteiger partial charge in [-0.15, -0.1) is 0 Å². The number of alkyl halides is 3. The standard InChI is InChI=1S/C25H28F3N5O/c1-2-7-17-14-33(15-20(31-17)16-8-4-3-5-9-16)21-12-11-19(25(26,27)28)22(32-21)23(34)18-10-6-13-30-24(18)29/h3-6,8,10-13,16-17,20,31H,2,7,9,14-15H2,1H3,(H2,29,30)/t16?,17-,20+/m0/s1. The average Bonchev–Trinajstić information content (AvgIpc) is 2.83. The molecule has 3 N–H and O–H groups in total. The first-order valence-corrected chi connectivity index (χ1v) is 11.5. The molecule has 0 saturated carbocycles. The van der Waals surface area contributed by atoms with E-state index in [4.69, 9.17) is 5.73 Å². The molecule has 9 heteroatoms. The monoisotopic (exact) mass is 471 g/mol. The molecule has 0 spiro atoms. The van der Waals surface area contributed by atoms with Gasteiger partial charge < -0.3 is 16.0 Å². The van der Waals surface area contributed by atoms with Crippen LogP contribution in [0.2, 0.25) is 0 Å². The van der Waals surface area contributed by atoms with E-state index < -0.39 is 23.2 Å². The first kappa shape index (κ1) is 23.9. The highest BCUT2D eigenvalue weighted by molar-refractivity contribution is 6.11. The van der Waals surface area contributed by atoms with Gasteiger partial charge in [-0.25, -0.2) is 9.97 Å². The van der Waals surface area contributed by atoms with Crippen LogP contribution in [-0.4, -0.2) is 40.9 Å². The number of nitrogens with two attached hydrogens (primary N) is 1. The first-order chi connectivity index (χ1) is 16.3. The molecule has 3 atom stereocenters. The number of halogens is 3. The smallest absolute Gasteiger partial charge is 0.383 e. The van der Waals surface area contributed by atoms with Crippen LogP contribution in [0.15, 0.2) is 54.8 Å². The van der Waals surface area contributed by atoms with Crippen molar-refractivity contribution in [3.8, 4) is 0 Å². The van der Waals surface area contributed by atoms with E-state index in [2.05, 4.69) is 34.4 Å². The number of nitrogen functional groups attached to an aromatic ring is 1. The molecule has 1 aliphatic carbocycles. The summed E-state index contributed by atoms with van der Waals surface area (Å²) in [5, 5.41) is 3.70. The van der Waals surface area contributed by atoms with Crippen molar-refractivity contribution in [2.75, 3.05) is 23.7 Å². The SMILES string of the molecule is CCC[C@H]1CN(c2ccc(C(F)(F)F)c(C(=O)c3cccnc3N)n2)C[C@H](C2C=CC=CC2)N1. The van der Waals surface area contributed by atoms with Crippen LogP contribution in [0.25, 0.3) is 0 Å². The van der Waals surface area contributed by atoms with Crippen LogP contribution in [-0.2, 0) is 6.18 Å². The predicted octanol–water partition coefficient (Wildman–Crippen LogP) is 4.39. The van der Waals surface area contributed by atoms with Crippen molar-refractivity contribution in [1.82, 2.24) is 15.3 Å². The van der Waals surface area contributed by atoms with E-state index in [1.54, 1.807) is 0 Å². The number of hydrogen-bond acceptors (Lipinski definition) is 6. The largest absolute Gasteiger partial charge is 0.418 e. The summed E-state index contributed by atoms with van der Waals surface area (Å²) in [5.74, 6) is -0.397. The molecule has 1 fully saturated rings. The van der Waals surface area contributed by atoms with Crippen LogP contribution in [0.3, 0.4) is 0 Å². The molecule has 1 unspecified atom stereocenters. The number of carbonyl (C=O) groups excluding carboxylic acids is 1. The second-order valence-corrected chi connectivity index (χ2v) is 8.71. The molecule has 0 bridgehead atoms. The number of allylic oxidation sites excluding steroid dienone is 3. The maximum Gasteiger partial charge on any atom is 0.418 e. The third-order valence-corrected chi connectivity index (χ3v) is 6.28. The van der Waals surface area contributed by atoms with E-state index in [1.807, 2.05) is 17.1 Å². The molecule has 3 heterocycles. The van der Waals surface area contributed by atoms with Gasteiger partial charge in [0, 0.05) is 31.4 Å². The van der Waals surface area contributed by atoms with Gasteiger partial charge in [0.1, 0.15) is 17.3 Å². The van der Waals surface area contributed by atoms with E-state index in [-0.39, 0.29) is 29.4 Å². The molecule has 2 aliphatic rings. The van der Waals surface area contributed by atoms with Crippen molar-refractivity contribution < 1.29 is 18.0 Å². The Bertz CT molecular complexity index is 1100. The number of nitrogens with one attached hydrogen (secondary N) is 1. The molecule has 2 aromatic heterocycles. The van der Waals surface area contributed by atoms with Crippen LogP contribution in [0.5, 0.6) is 0 Å². The molecule has 2 aromatic rings. The lowest BCUT2D eigenvalue weighted by atomic mass is 9.89. The number of aromatic nitrogens is 2. The summed E-state index contributed by atoms with van der Waals surface area (Å²) in [6.07, 6.45) is 7.76. The summed E-state index contributed by atoms with van der Waals surface area (Å²) >= 11 is 0. The van der Waals surface area contributed by atoms with Gasteiger partial charge in [0.05, 0.1) is 11.1 Å². The minimum absolute atomic E-state index is 0.0983. The zero-order chi connectivity index (χ0) is 24.3. The summed E-state index contributed by atoms with van der Waals surface area (Å²) in [4.78, 5) is 23.2. The number of rotatable bonds is 6. The summed E-state index contributed by atoms with van der Waals surface area (Å²) < 4.78 is 41.4. The van der Waals surface area contributed by atoms with E-state index in [0.29, 0.717) is 18.9 Å². The fourth-order valence-electron chi connectivity index (χ4n) is 4.62. The van der Waals surface area contributed by atoms with E-state index >= 15 is 0 Å². The van der Waals surface area contributed by atoms with Gasteiger partial charge in [0.15, 0.2) is 0 Å². The van der Waals surface area contributed by atoms with Crippen molar-refractivity contribution >= 4 is 17.4 Å². The summed E-state index contributed by atoms with van der Waals surface area (Å²) in [6.45, 7) is 3.27. The molecule has 4 rings (SSSR count). The van der Waals surface area contributed by atoms with Gasteiger partial charge in [-0.05, 0) is 43.0 Å². The summed E-state index contributed by atoms with van der Waals surface area (Å²) in [5.41, 5.74) is 3.94. The summed E-state index contributed by atoms with van der Waals surface area (Å²) in [7, 11) is 0. The minimum Gasteiger partial charge on any atom is -0.383 e. The Morgan fingerprint density at radius 3 is 2.74 bits per heavy atom. The highest BCUT2D eigenvalue weighted by Crippen LogP contribution is 2.34. The van der Waals surface area contributed by atoms with Gasteiger partial charge in [-0.1, -0.05) is 37.6 Å². The van der Waals surface area contributed by atoms with E-state index in [1.165, 1.54) is 24.4 Å². The fourth-order valence-corrected chi connectivity index (χ4v) is 4.62. The Balaban J connectivity index is 1.71. The van der Waals surface area contributed by atoms with Crippen molar-refractivity contribution in [1.29, 1.82) is 0 Å². The Morgan fingerprint density at radius 1 is 1.24 bits per heavy atom. The number of anilines is 2. The summed E-state index contributed by atoms with van der Waals surface area (Å²) in [6, 6.07) is 5.40. The first-order valence-electron chi connectivity index (χ1n) is 11.5. The molecule has 6 nitrogen and oxygen atoms in total. The Hall–Kier alpha value is -3.20. The van der Waals surface area contributed by atoms with Gasteiger partial charge >= 0.3 is 6.18 Å². The molecule has 180 valence electrons. The van der Waals surface area contributed by atoms with Crippen molar-refractivity contribution in [3.63, 3.8) is 0 Å². The molecule has 0 aromatic carbocycles. The van der Waals surface area contributed by atoms with Gasteiger partial charge in [-0.3, -0.25) is 4.79 Å². The number of carbonyl (C=O) groups is 1. The fraction of sp³-hybridized carbons (Fsp3) is 0.400. The van der Waals surface area contributed by atoms with Crippen LogP contribution >= 0.6 is 0 Å². The van der Waals surface area contributed by atoms with Crippen molar-refractivity contribution in [2.45, 2.75) is 44.4 Å². The maximum atomic E-state index is 13.8. The number of ketones is 1. The van der Waals surface area contributed by atoms with Crippen LogP contribution in [0.1, 0.15) is 47.8 Å².